The average molecular weight is 219 g/mol. The largest absolute Gasteiger partial charge is 0.464 e. The fourth-order valence-corrected chi connectivity index (χ4v) is 1.46. The molecule has 0 fully saturated rings. The predicted octanol–water partition coefficient (Wildman–Crippen LogP) is 1.58. The predicted molar refractivity (Wildman–Crippen MR) is 57.8 cm³/mol. The van der Waals surface area contributed by atoms with E-state index in [4.69, 9.17) is 4.42 Å². The lowest BCUT2D eigenvalue weighted by atomic mass is 10.3. The summed E-state index contributed by atoms with van der Waals surface area (Å²) in [6, 6.07) is 3.75. The summed E-state index contributed by atoms with van der Waals surface area (Å²) in [7, 11) is 1.73. The molecule has 0 unspecified atom stereocenters. The van der Waals surface area contributed by atoms with Gasteiger partial charge < -0.3 is 9.32 Å². The number of amides is 1. The van der Waals surface area contributed by atoms with Crippen molar-refractivity contribution < 1.29 is 9.21 Å². The van der Waals surface area contributed by atoms with Gasteiger partial charge in [0.15, 0.2) is 0 Å². The minimum Gasteiger partial charge on any atom is -0.464 e. The van der Waals surface area contributed by atoms with Gasteiger partial charge in [-0.3, -0.25) is 9.89 Å². The number of aryl methyl sites for hydroxylation is 1. The summed E-state index contributed by atoms with van der Waals surface area (Å²) < 4.78 is 5.40. The molecule has 84 valence electrons. The Hall–Kier alpha value is -2.04. The Kier molecular flexibility index (Phi) is 2.76. The first-order valence-electron chi connectivity index (χ1n) is 4.96. The topological polar surface area (TPSA) is 62.1 Å². The number of carbonyl (C=O) groups is 1. The van der Waals surface area contributed by atoms with E-state index in [1.807, 2.05) is 19.1 Å². The van der Waals surface area contributed by atoms with Gasteiger partial charge in [-0.05, 0) is 19.1 Å². The molecule has 1 N–H and O–H groups in total. The normalized spacial score (nSPS) is 10.4. The van der Waals surface area contributed by atoms with Crippen LogP contribution in [0.3, 0.4) is 0 Å². The fraction of sp³-hybridized carbons (Fsp3) is 0.273. The zero-order chi connectivity index (χ0) is 11.5. The van der Waals surface area contributed by atoms with Crippen molar-refractivity contribution >= 4 is 5.91 Å². The van der Waals surface area contributed by atoms with E-state index in [1.54, 1.807) is 18.1 Å². The molecule has 0 saturated carbocycles. The summed E-state index contributed by atoms with van der Waals surface area (Å²) >= 11 is 0. The van der Waals surface area contributed by atoms with Gasteiger partial charge in [0, 0.05) is 13.2 Å². The van der Waals surface area contributed by atoms with Crippen LogP contribution < -0.4 is 0 Å². The molecule has 0 aliphatic rings. The number of aromatic amines is 1. The number of nitrogens with zero attached hydrogens (tertiary/aromatic N) is 2. The molecule has 0 aliphatic heterocycles. The minimum atomic E-state index is -0.0807. The molecule has 2 rings (SSSR count). The lowest BCUT2D eigenvalue weighted by Gasteiger charge is -2.14. The van der Waals surface area contributed by atoms with Crippen LogP contribution in [0.4, 0.5) is 0 Å². The second-order valence-electron chi connectivity index (χ2n) is 3.66. The van der Waals surface area contributed by atoms with Crippen LogP contribution in [-0.2, 0) is 6.54 Å². The maximum Gasteiger partial charge on any atom is 0.257 e. The quantitative estimate of drug-likeness (QED) is 0.852. The molecule has 0 aromatic carbocycles. The van der Waals surface area contributed by atoms with Gasteiger partial charge in [-0.15, -0.1) is 0 Å². The lowest BCUT2D eigenvalue weighted by molar-refractivity contribution is 0.0775. The molecule has 2 aromatic heterocycles. The van der Waals surface area contributed by atoms with Gasteiger partial charge in [0.1, 0.15) is 11.5 Å². The van der Waals surface area contributed by atoms with Crippen molar-refractivity contribution in [2.45, 2.75) is 13.5 Å². The smallest absolute Gasteiger partial charge is 0.257 e. The van der Waals surface area contributed by atoms with Crippen LogP contribution in [0.5, 0.6) is 0 Å². The Bertz CT molecular complexity index is 473. The van der Waals surface area contributed by atoms with Crippen molar-refractivity contribution in [3.05, 3.63) is 41.6 Å². The first-order chi connectivity index (χ1) is 7.66. The van der Waals surface area contributed by atoms with Gasteiger partial charge >= 0.3 is 0 Å². The van der Waals surface area contributed by atoms with Gasteiger partial charge in [-0.1, -0.05) is 0 Å². The molecule has 0 aliphatic carbocycles. The molecule has 1 amide bonds. The molecule has 0 atom stereocenters. The van der Waals surface area contributed by atoms with Crippen LogP contribution in [0, 0.1) is 6.92 Å². The van der Waals surface area contributed by atoms with E-state index in [0.29, 0.717) is 12.1 Å². The third kappa shape index (κ3) is 2.13. The highest BCUT2D eigenvalue weighted by Crippen LogP contribution is 2.10. The fourth-order valence-electron chi connectivity index (χ4n) is 1.46. The highest BCUT2D eigenvalue weighted by molar-refractivity contribution is 5.93. The van der Waals surface area contributed by atoms with Crippen LogP contribution in [0.15, 0.2) is 28.9 Å². The lowest BCUT2D eigenvalue weighted by Crippen LogP contribution is -2.25. The summed E-state index contributed by atoms with van der Waals surface area (Å²) in [5.41, 5.74) is 0.547. The number of rotatable bonds is 3. The van der Waals surface area contributed by atoms with E-state index in [9.17, 15) is 4.79 Å². The van der Waals surface area contributed by atoms with Crippen LogP contribution >= 0.6 is 0 Å². The zero-order valence-electron chi connectivity index (χ0n) is 9.23. The zero-order valence-corrected chi connectivity index (χ0v) is 9.23. The van der Waals surface area contributed by atoms with Crippen LogP contribution in [0.25, 0.3) is 0 Å². The van der Waals surface area contributed by atoms with Crippen molar-refractivity contribution in [1.82, 2.24) is 15.1 Å². The molecule has 0 radical (unpaired) electrons. The van der Waals surface area contributed by atoms with Crippen LogP contribution in [-0.4, -0.2) is 28.1 Å². The standard InChI is InChI=1S/C11H13N3O2/c1-8-3-4-10(16-8)7-14(2)11(15)9-5-12-13-6-9/h3-6H,7H2,1-2H3,(H,12,13). The second-order valence-corrected chi connectivity index (χ2v) is 3.66. The van der Waals surface area contributed by atoms with Crippen molar-refractivity contribution in [2.75, 3.05) is 7.05 Å². The number of furan rings is 1. The van der Waals surface area contributed by atoms with Crippen LogP contribution in [0.2, 0.25) is 0 Å². The van der Waals surface area contributed by atoms with E-state index in [-0.39, 0.29) is 5.91 Å². The molecule has 0 saturated heterocycles. The summed E-state index contributed by atoms with van der Waals surface area (Å²) in [5.74, 6) is 1.54. The van der Waals surface area contributed by atoms with E-state index < -0.39 is 0 Å². The van der Waals surface area contributed by atoms with Gasteiger partial charge in [0.2, 0.25) is 0 Å². The SMILES string of the molecule is Cc1ccc(CN(C)C(=O)c2cn[nH]c2)o1. The molecule has 5 nitrogen and oxygen atoms in total. The van der Waals surface area contributed by atoms with E-state index in [2.05, 4.69) is 10.2 Å². The maximum atomic E-state index is 11.8. The molecular weight excluding hydrogens is 206 g/mol. The number of hydrogen-bond donors (Lipinski definition) is 1. The molecule has 2 aromatic rings. The number of H-pyrrole nitrogens is 1. The Morgan fingerprint density at radius 3 is 2.94 bits per heavy atom. The van der Waals surface area contributed by atoms with Crippen molar-refractivity contribution in [3.8, 4) is 0 Å². The Morgan fingerprint density at radius 2 is 2.38 bits per heavy atom. The summed E-state index contributed by atoms with van der Waals surface area (Å²) in [4.78, 5) is 13.4. The van der Waals surface area contributed by atoms with Gasteiger partial charge in [0.05, 0.1) is 18.3 Å². The first kappa shape index (κ1) is 10.5. The molecule has 2 heterocycles. The summed E-state index contributed by atoms with van der Waals surface area (Å²) in [6.45, 7) is 2.33. The third-order valence-corrected chi connectivity index (χ3v) is 2.28. The number of nitrogens with one attached hydrogen (secondary N) is 1. The molecule has 0 spiro atoms. The van der Waals surface area contributed by atoms with Gasteiger partial charge in [-0.2, -0.15) is 5.10 Å². The van der Waals surface area contributed by atoms with Gasteiger partial charge in [-0.25, -0.2) is 0 Å². The third-order valence-electron chi connectivity index (χ3n) is 2.28. The molecular formula is C11H13N3O2. The van der Waals surface area contributed by atoms with Crippen molar-refractivity contribution in [1.29, 1.82) is 0 Å². The van der Waals surface area contributed by atoms with E-state index in [0.717, 1.165) is 11.5 Å². The Labute approximate surface area is 93.1 Å². The van der Waals surface area contributed by atoms with Crippen molar-refractivity contribution in [2.24, 2.45) is 0 Å². The van der Waals surface area contributed by atoms with E-state index in [1.165, 1.54) is 6.20 Å². The number of aromatic nitrogens is 2. The Morgan fingerprint density at radius 1 is 1.56 bits per heavy atom. The molecule has 0 bridgehead atoms. The van der Waals surface area contributed by atoms with Gasteiger partial charge in [0.25, 0.3) is 5.91 Å². The molecule has 16 heavy (non-hydrogen) atoms. The second kappa shape index (κ2) is 4.22. The number of hydrogen-bond acceptors (Lipinski definition) is 3. The number of carbonyl (C=O) groups excluding carboxylic acids is 1. The van der Waals surface area contributed by atoms with Crippen molar-refractivity contribution in [3.63, 3.8) is 0 Å². The summed E-state index contributed by atoms with van der Waals surface area (Å²) in [5, 5.41) is 6.35. The average Bonchev–Trinajstić information content (AvgIpc) is 2.88. The van der Waals surface area contributed by atoms with Crippen LogP contribution in [0.1, 0.15) is 21.9 Å². The first-order valence-corrected chi connectivity index (χ1v) is 4.96. The summed E-state index contributed by atoms with van der Waals surface area (Å²) in [6.07, 6.45) is 3.08. The monoisotopic (exact) mass is 219 g/mol. The minimum absolute atomic E-state index is 0.0807. The Balaban J connectivity index is 2.03. The van der Waals surface area contributed by atoms with E-state index >= 15 is 0 Å². The highest BCUT2D eigenvalue weighted by Gasteiger charge is 2.13. The molecule has 5 heteroatoms. The highest BCUT2D eigenvalue weighted by atomic mass is 16.3. The maximum absolute atomic E-state index is 11.8.